The molecule has 148 valence electrons. The summed E-state index contributed by atoms with van der Waals surface area (Å²) in [5.41, 5.74) is 3.95. The number of hydrogen-bond donors (Lipinski definition) is 3. The molecular formula is C21H27N5O2. The molecular weight excluding hydrogens is 354 g/mol. The van der Waals surface area contributed by atoms with Crippen LogP contribution in [0.25, 0.3) is 0 Å². The zero-order valence-electron chi connectivity index (χ0n) is 16.2. The molecule has 7 nitrogen and oxygen atoms in total. The Hall–Kier alpha value is -2.83. The molecule has 2 heterocycles. The first-order chi connectivity index (χ1) is 13.6. The summed E-state index contributed by atoms with van der Waals surface area (Å²) in [5, 5.41) is 6.28. The summed E-state index contributed by atoms with van der Waals surface area (Å²) in [5.74, 6) is -0.0291. The second-order valence-electron chi connectivity index (χ2n) is 7.77. The van der Waals surface area contributed by atoms with Crippen LogP contribution in [0.3, 0.4) is 0 Å². The van der Waals surface area contributed by atoms with Gasteiger partial charge in [-0.05, 0) is 44.2 Å². The van der Waals surface area contributed by atoms with Gasteiger partial charge in [0.05, 0.1) is 12.0 Å². The van der Waals surface area contributed by atoms with Crippen LogP contribution in [0.2, 0.25) is 0 Å². The third kappa shape index (κ3) is 4.03. The van der Waals surface area contributed by atoms with Gasteiger partial charge < -0.3 is 20.5 Å². The number of aromatic nitrogens is 2. The van der Waals surface area contributed by atoms with Gasteiger partial charge in [0.15, 0.2) is 0 Å². The Bertz CT molecular complexity index is 854. The van der Waals surface area contributed by atoms with E-state index in [0.717, 1.165) is 54.6 Å². The van der Waals surface area contributed by atoms with Crippen LogP contribution >= 0.6 is 0 Å². The lowest BCUT2D eigenvalue weighted by Crippen LogP contribution is -2.52. The SMILES string of the molecule is Cc1ccccc1C(=O)NC1CCN(C(=O)NC2CCc3nc[nH]c3C2)CC1. The van der Waals surface area contributed by atoms with E-state index in [1.165, 1.54) is 0 Å². The van der Waals surface area contributed by atoms with Gasteiger partial charge in [-0.15, -0.1) is 0 Å². The summed E-state index contributed by atoms with van der Waals surface area (Å²) >= 11 is 0. The van der Waals surface area contributed by atoms with E-state index in [0.29, 0.717) is 13.1 Å². The molecule has 1 aliphatic heterocycles. The molecule has 0 spiro atoms. The van der Waals surface area contributed by atoms with Gasteiger partial charge in [-0.25, -0.2) is 9.78 Å². The maximum Gasteiger partial charge on any atom is 0.317 e. The highest BCUT2D eigenvalue weighted by atomic mass is 16.2. The van der Waals surface area contributed by atoms with Crippen molar-refractivity contribution < 1.29 is 9.59 Å². The Morgan fingerprint density at radius 1 is 1.11 bits per heavy atom. The molecule has 2 aliphatic rings. The van der Waals surface area contributed by atoms with E-state index >= 15 is 0 Å². The number of rotatable bonds is 3. The number of amides is 3. The van der Waals surface area contributed by atoms with E-state index in [2.05, 4.69) is 20.6 Å². The highest BCUT2D eigenvalue weighted by Crippen LogP contribution is 2.19. The molecule has 0 saturated carbocycles. The molecule has 0 radical (unpaired) electrons. The summed E-state index contributed by atoms with van der Waals surface area (Å²) in [4.78, 5) is 34.4. The molecule has 7 heteroatoms. The van der Waals surface area contributed by atoms with Crippen LogP contribution in [0.4, 0.5) is 4.79 Å². The van der Waals surface area contributed by atoms with E-state index < -0.39 is 0 Å². The number of carbonyl (C=O) groups excluding carboxylic acids is 2. The minimum absolute atomic E-state index is 0.00311. The van der Waals surface area contributed by atoms with Gasteiger partial charge in [-0.1, -0.05) is 18.2 Å². The molecule has 1 aliphatic carbocycles. The lowest BCUT2D eigenvalue weighted by atomic mass is 9.96. The smallest absolute Gasteiger partial charge is 0.317 e. The number of nitrogens with one attached hydrogen (secondary N) is 3. The number of H-pyrrole nitrogens is 1. The molecule has 0 bridgehead atoms. The van der Waals surface area contributed by atoms with Gasteiger partial charge in [0, 0.05) is 42.9 Å². The number of aryl methyl sites for hydroxylation is 2. The Balaban J connectivity index is 1.24. The fourth-order valence-corrected chi connectivity index (χ4v) is 4.11. The molecule has 3 N–H and O–H groups in total. The van der Waals surface area contributed by atoms with Crippen LogP contribution < -0.4 is 10.6 Å². The monoisotopic (exact) mass is 381 g/mol. The summed E-state index contributed by atoms with van der Waals surface area (Å²) in [6.07, 6.45) is 5.92. The number of imidazole rings is 1. The topological polar surface area (TPSA) is 90.1 Å². The molecule has 2 aromatic rings. The van der Waals surface area contributed by atoms with Crippen LogP contribution in [-0.2, 0) is 12.8 Å². The predicted molar refractivity (Wildman–Crippen MR) is 106 cm³/mol. The average molecular weight is 381 g/mol. The highest BCUT2D eigenvalue weighted by Gasteiger charge is 2.27. The Kier molecular flexibility index (Phi) is 5.32. The first kappa shape index (κ1) is 18.5. The number of fused-ring (bicyclic) bond motifs is 1. The number of hydrogen-bond acceptors (Lipinski definition) is 3. The van der Waals surface area contributed by atoms with Gasteiger partial charge in [0.25, 0.3) is 5.91 Å². The fourth-order valence-electron chi connectivity index (χ4n) is 4.11. The first-order valence-electron chi connectivity index (χ1n) is 10.0. The van der Waals surface area contributed by atoms with Crippen molar-refractivity contribution in [2.75, 3.05) is 13.1 Å². The van der Waals surface area contributed by atoms with Crippen molar-refractivity contribution in [2.24, 2.45) is 0 Å². The molecule has 1 fully saturated rings. The van der Waals surface area contributed by atoms with E-state index in [9.17, 15) is 9.59 Å². The fraction of sp³-hybridized carbons (Fsp3) is 0.476. The maximum absolute atomic E-state index is 12.6. The maximum atomic E-state index is 12.6. The van der Waals surface area contributed by atoms with E-state index in [4.69, 9.17) is 0 Å². The summed E-state index contributed by atoms with van der Waals surface area (Å²) in [6, 6.07) is 7.87. The van der Waals surface area contributed by atoms with Gasteiger partial charge in [0.1, 0.15) is 0 Å². The number of urea groups is 1. The van der Waals surface area contributed by atoms with Crippen molar-refractivity contribution in [2.45, 2.75) is 51.1 Å². The molecule has 1 atom stereocenters. The Labute approximate surface area is 164 Å². The summed E-state index contributed by atoms with van der Waals surface area (Å²) < 4.78 is 0. The zero-order chi connectivity index (χ0) is 19.5. The van der Waals surface area contributed by atoms with Crippen molar-refractivity contribution in [3.63, 3.8) is 0 Å². The van der Waals surface area contributed by atoms with Crippen molar-refractivity contribution in [3.8, 4) is 0 Å². The number of likely N-dealkylation sites (tertiary alicyclic amines) is 1. The summed E-state index contributed by atoms with van der Waals surface area (Å²) in [7, 11) is 0. The molecule has 4 rings (SSSR count). The number of nitrogens with zero attached hydrogens (tertiary/aromatic N) is 2. The molecule has 1 aromatic carbocycles. The lowest BCUT2D eigenvalue weighted by molar-refractivity contribution is 0.0917. The van der Waals surface area contributed by atoms with Crippen molar-refractivity contribution in [1.29, 1.82) is 0 Å². The van der Waals surface area contributed by atoms with Crippen LogP contribution in [0.5, 0.6) is 0 Å². The number of aromatic amines is 1. The second-order valence-corrected chi connectivity index (χ2v) is 7.77. The highest BCUT2D eigenvalue weighted by molar-refractivity contribution is 5.95. The zero-order valence-corrected chi connectivity index (χ0v) is 16.2. The quantitative estimate of drug-likeness (QED) is 0.761. The second kappa shape index (κ2) is 8.04. The van der Waals surface area contributed by atoms with Crippen LogP contribution in [-0.4, -0.2) is 52.0 Å². The number of piperidine rings is 1. The van der Waals surface area contributed by atoms with Crippen LogP contribution in [0.15, 0.2) is 30.6 Å². The van der Waals surface area contributed by atoms with E-state index in [1.807, 2.05) is 36.1 Å². The lowest BCUT2D eigenvalue weighted by Gasteiger charge is -2.34. The first-order valence-corrected chi connectivity index (χ1v) is 10.0. The predicted octanol–water partition coefficient (Wildman–Crippen LogP) is 2.18. The van der Waals surface area contributed by atoms with E-state index in [1.54, 1.807) is 6.33 Å². The van der Waals surface area contributed by atoms with Gasteiger partial charge in [-0.3, -0.25) is 4.79 Å². The van der Waals surface area contributed by atoms with E-state index in [-0.39, 0.29) is 24.0 Å². The minimum atomic E-state index is -0.0291. The van der Waals surface area contributed by atoms with Crippen molar-refractivity contribution >= 4 is 11.9 Å². The normalized spacial score (nSPS) is 19.8. The van der Waals surface area contributed by atoms with Gasteiger partial charge >= 0.3 is 6.03 Å². The number of benzene rings is 1. The number of carbonyl (C=O) groups is 2. The van der Waals surface area contributed by atoms with Gasteiger partial charge in [-0.2, -0.15) is 0 Å². The van der Waals surface area contributed by atoms with Crippen LogP contribution in [0.1, 0.15) is 46.6 Å². The Morgan fingerprint density at radius 3 is 2.68 bits per heavy atom. The van der Waals surface area contributed by atoms with Gasteiger partial charge in [0.2, 0.25) is 0 Å². The minimum Gasteiger partial charge on any atom is -0.349 e. The summed E-state index contributed by atoms with van der Waals surface area (Å²) in [6.45, 7) is 3.26. The third-order valence-corrected chi connectivity index (χ3v) is 5.82. The molecule has 1 saturated heterocycles. The largest absolute Gasteiger partial charge is 0.349 e. The average Bonchev–Trinajstić information content (AvgIpc) is 3.16. The molecule has 1 unspecified atom stereocenters. The van der Waals surface area contributed by atoms with Crippen molar-refractivity contribution in [3.05, 3.63) is 53.1 Å². The standard InChI is InChI=1S/C21H27N5O2/c1-14-4-2-3-5-17(14)20(27)24-15-8-10-26(11-9-15)21(28)25-16-6-7-18-19(12-16)23-13-22-18/h2-5,13,15-16H,6-12H2,1H3,(H,22,23)(H,24,27)(H,25,28). The molecule has 1 aromatic heterocycles. The molecule has 28 heavy (non-hydrogen) atoms. The molecule has 3 amide bonds. The Morgan fingerprint density at radius 2 is 1.89 bits per heavy atom. The van der Waals surface area contributed by atoms with Crippen LogP contribution in [0, 0.1) is 6.92 Å². The third-order valence-electron chi connectivity index (χ3n) is 5.82. The van der Waals surface area contributed by atoms with Crippen molar-refractivity contribution in [1.82, 2.24) is 25.5 Å².